The van der Waals surface area contributed by atoms with Crippen LogP contribution in [0.2, 0.25) is 0 Å². The average Bonchev–Trinajstić information content (AvgIpc) is 2.64. The monoisotopic (exact) mass is 340 g/mol. The van der Waals surface area contributed by atoms with Crippen molar-refractivity contribution in [3.63, 3.8) is 0 Å². The molecule has 0 unspecified atom stereocenters. The highest BCUT2D eigenvalue weighted by atomic mass is 16.6. The van der Waals surface area contributed by atoms with E-state index in [1.807, 2.05) is 12.1 Å². The Kier molecular flexibility index (Phi) is 5.27. The molecule has 132 valence electrons. The molecule has 0 aromatic heterocycles. The second-order valence-electron chi connectivity index (χ2n) is 6.34. The van der Waals surface area contributed by atoms with E-state index in [0.29, 0.717) is 12.2 Å². The van der Waals surface area contributed by atoms with Gasteiger partial charge in [0.1, 0.15) is 24.7 Å². The largest absolute Gasteiger partial charge is 0.496 e. The van der Waals surface area contributed by atoms with Crippen LogP contribution in [-0.2, 0) is 22.4 Å². The Balaban J connectivity index is 1.91. The molecule has 4 heteroatoms. The summed E-state index contributed by atoms with van der Waals surface area (Å²) >= 11 is 0. The zero-order chi connectivity index (χ0) is 17.8. The number of hydrogen-bond donors (Lipinski definition) is 0. The van der Waals surface area contributed by atoms with Gasteiger partial charge in [0.05, 0.1) is 7.11 Å². The van der Waals surface area contributed by atoms with E-state index in [-0.39, 0.29) is 12.6 Å². The van der Waals surface area contributed by atoms with Crippen LogP contribution < -0.4 is 9.47 Å². The molecule has 1 aliphatic carbocycles. The van der Waals surface area contributed by atoms with Crippen LogP contribution in [0.3, 0.4) is 0 Å². The SMILES string of the molecule is C=C(C)C(=O)OCCOc1c2c(c(OC)c3ccccc13)CCCC2. The first kappa shape index (κ1) is 17.3. The summed E-state index contributed by atoms with van der Waals surface area (Å²) in [5, 5.41) is 2.12. The zero-order valence-corrected chi connectivity index (χ0v) is 14.9. The number of fused-ring (bicyclic) bond motifs is 2. The lowest BCUT2D eigenvalue weighted by atomic mass is 9.87. The van der Waals surface area contributed by atoms with Crippen LogP contribution in [0.15, 0.2) is 36.4 Å². The third-order valence-corrected chi connectivity index (χ3v) is 4.55. The second kappa shape index (κ2) is 7.60. The molecule has 25 heavy (non-hydrogen) atoms. The topological polar surface area (TPSA) is 44.8 Å². The molecule has 1 aliphatic rings. The standard InChI is InChI=1S/C21H24O4/c1-14(2)21(22)25-13-12-24-20-17-10-6-4-8-15(17)19(23-3)16-9-5-7-11-18(16)20/h4,6,8,10H,1,5,7,9,11-13H2,2-3H3. The number of carbonyl (C=O) groups excluding carboxylic acids is 1. The van der Waals surface area contributed by atoms with Gasteiger partial charge in [0.15, 0.2) is 0 Å². The van der Waals surface area contributed by atoms with Crippen molar-refractivity contribution in [1.82, 2.24) is 0 Å². The molecule has 2 aromatic carbocycles. The summed E-state index contributed by atoms with van der Waals surface area (Å²) in [5.41, 5.74) is 2.88. The van der Waals surface area contributed by atoms with Gasteiger partial charge >= 0.3 is 5.97 Å². The van der Waals surface area contributed by atoms with Crippen molar-refractivity contribution in [1.29, 1.82) is 0 Å². The Hall–Kier alpha value is -2.49. The predicted octanol–water partition coefficient (Wildman–Crippen LogP) is 4.23. The van der Waals surface area contributed by atoms with E-state index in [9.17, 15) is 4.79 Å². The fourth-order valence-corrected chi connectivity index (χ4v) is 3.41. The summed E-state index contributed by atoms with van der Waals surface area (Å²) in [4.78, 5) is 11.5. The van der Waals surface area contributed by atoms with Gasteiger partial charge in [-0.25, -0.2) is 4.79 Å². The summed E-state index contributed by atoms with van der Waals surface area (Å²) in [5.74, 6) is 1.48. The van der Waals surface area contributed by atoms with Crippen LogP contribution >= 0.6 is 0 Å². The first-order chi connectivity index (χ1) is 12.1. The number of methoxy groups -OCH3 is 1. The number of rotatable bonds is 6. The molecule has 0 heterocycles. The highest BCUT2D eigenvalue weighted by Gasteiger charge is 2.23. The van der Waals surface area contributed by atoms with Crippen molar-refractivity contribution in [3.05, 3.63) is 47.5 Å². The van der Waals surface area contributed by atoms with Gasteiger partial charge in [-0.05, 0) is 32.6 Å². The van der Waals surface area contributed by atoms with Crippen molar-refractivity contribution in [2.24, 2.45) is 0 Å². The minimum atomic E-state index is -0.384. The van der Waals surface area contributed by atoms with E-state index in [1.54, 1.807) is 14.0 Å². The van der Waals surface area contributed by atoms with Crippen LogP contribution in [0.25, 0.3) is 10.8 Å². The van der Waals surface area contributed by atoms with Crippen molar-refractivity contribution in [2.75, 3.05) is 20.3 Å². The van der Waals surface area contributed by atoms with Gasteiger partial charge in [-0.15, -0.1) is 0 Å². The highest BCUT2D eigenvalue weighted by Crippen LogP contribution is 2.43. The maximum Gasteiger partial charge on any atom is 0.333 e. The molecule has 3 rings (SSSR count). The number of ether oxygens (including phenoxy) is 3. The molecule has 0 saturated carbocycles. The van der Waals surface area contributed by atoms with Gasteiger partial charge in [0.2, 0.25) is 0 Å². The van der Waals surface area contributed by atoms with E-state index < -0.39 is 0 Å². The van der Waals surface area contributed by atoms with E-state index in [0.717, 1.165) is 48.0 Å². The minimum Gasteiger partial charge on any atom is -0.496 e. The fourth-order valence-electron chi connectivity index (χ4n) is 3.41. The zero-order valence-electron chi connectivity index (χ0n) is 14.9. The first-order valence-electron chi connectivity index (χ1n) is 8.69. The van der Waals surface area contributed by atoms with Gasteiger partial charge in [-0.3, -0.25) is 0 Å². The Morgan fingerprint density at radius 2 is 1.64 bits per heavy atom. The van der Waals surface area contributed by atoms with E-state index >= 15 is 0 Å². The molecule has 0 aliphatic heterocycles. The summed E-state index contributed by atoms with van der Waals surface area (Å²) in [6.45, 7) is 5.75. The molecule has 0 saturated heterocycles. The van der Waals surface area contributed by atoms with E-state index in [2.05, 4.69) is 18.7 Å². The molecule has 0 bridgehead atoms. The van der Waals surface area contributed by atoms with Crippen molar-refractivity contribution in [3.8, 4) is 11.5 Å². The molecule has 0 amide bonds. The normalized spacial score (nSPS) is 13.2. The Morgan fingerprint density at radius 1 is 1.04 bits per heavy atom. The predicted molar refractivity (Wildman–Crippen MR) is 98.4 cm³/mol. The lowest BCUT2D eigenvalue weighted by Gasteiger charge is -2.24. The van der Waals surface area contributed by atoms with Crippen LogP contribution in [0.1, 0.15) is 30.9 Å². The minimum absolute atomic E-state index is 0.209. The Morgan fingerprint density at radius 3 is 2.24 bits per heavy atom. The third kappa shape index (κ3) is 3.48. The maximum atomic E-state index is 11.5. The van der Waals surface area contributed by atoms with Crippen LogP contribution in [-0.4, -0.2) is 26.3 Å². The van der Waals surface area contributed by atoms with Crippen molar-refractivity contribution < 1.29 is 19.0 Å². The number of benzene rings is 2. The average molecular weight is 340 g/mol. The molecular formula is C21H24O4. The first-order valence-corrected chi connectivity index (χ1v) is 8.69. The molecule has 0 spiro atoms. The highest BCUT2D eigenvalue weighted by molar-refractivity contribution is 5.96. The van der Waals surface area contributed by atoms with Gasteiger partial charge < -0.3 is 14.2 Å². The smallest absolute Gasteiger partial charge is 0.333 e. The molecule has 0 atom stereocenters. The van der Waals surface area contributed by atoms with E-state index in [1.165, 1.54) is 11.1 Å². The van der Waals surface area contributed by atoms with Crippen LogP contribution in [0.5, 0.6) is 11.5 Å². The summed E-state index contributed by atoms with van der Waals surface area (Å²) in [6.07, 6.45) is 4.30. The Bertz CT molecular complexity index is 807. The quantitative estimate of drug-likeness (QED) is 0.448. The van der Waals surface area contributed by atoms with Crippen LogP contribution in [0.4, 0.5) is 0 Å². The fraction of sp³-hybridized carbons (Fsp3) is 0.381. The van der Waals surface area contributed by atoms with Gasteiger partial charge in [-0.1, -0.05) is 30.8 Å². The van der Waals surface area contributed by atoms with E-state index in [4.69, 9.17) is 14.2 Å². The van der Waals surface area contributed by atoms with Gasteiger partial charge in [0.25, 0.3) is 0 Å². The maximum absolute atomic E-state index is 11.5. The third-order valence-electron chi connectivity index (χ3n) is 4.55. The second-order valence-corrected chi connectivity index (χ2v) is 6.34. The number of carbonyl (C=O) groups is 1. The molecular weight excluding hydrogens is 316 g/mol. The lowest BCUT2D eigenvalue weighted by molar-refractivity contribution is -0.139. The van der Waals surface area contributed by atoms with Gasteiger partial charge in [0, 0.05) is 27.5 Å². The lowest BCUT2D eigenvalue weighted by Crippen LogP contribution is -2.15. The summed E-state index contributed by atoms with van der Waals surface area (Å²) in [7, 11) is 1.73. The molecule has 0 radical (unpaired) electrons. The van der Waals surface area contributed by atoms with Gasteiger partial charge in [-0.2, -0.15) is 0 Å². The van der Waals surface area contributed by atoms with Crippen molar-refractivity contribution in [2.45, 2.75) is 32.6 Å². The van der Waals surface area contributed by atoms with Crippen LogP contribution in [0, 0.1) is 0 Å². The number of hydrogen-bond acceptors (Lipinski definition) is 4. The summed E-state index contributed by atoms with van der Waals surface area (Å²) in [6, 6.07) is 8.14. The van der Waals surface area contributed by atoms with Crippen molar-refractivity contribution >= 4 is 16.7 Å². The molecule has 2 aromatic rings. The molecule has 4 nitrogen and oxygen atoms in total. The molecule has 0 fully saturated rings. The Labute approximate surface area is 148 Å². The molecule has 0 N–H and O–H groups in total. The summed E-state index contributed by atoms with van der Waals surface area (Å²) < 4.78 is 17.0. The number of esters is 1.